The minimum atomic E-state index is -1.13. The maximum absolute atomic E-state index is 12.0. The van der Waals surface area contributed by atoms with Crippen molar-refractivity contribution in [2.24, 2.45) is 0 Å². The maximum Gasteiger partial charge on any atom is 0.411 e. The largest absolute Gasteiger partial charge is 0.444 e. The number of amides is 1. The van der Waals surface area contributed by atoms with Crippen LogP contribution in [0, 0.1) is 0 Å². The average Bonchev–Trinajstić information content (AvgIpc) is 2.78. The summed E-state index contributed by atoms with van der Waals surface area (Å²) in [6.45, 7) is 6.94. The Hall–Kier alpha value is -1.85. The molecular weight excluding hydrogens is 234 g/mol. The molecular formula is C12H19N3O3. The molecule has 1 N–H and O–H groups in total. The molecule has 0 aliphatic heterocycles. The lowest BCUT2D eigenvalue weighted by molar-refractivity contribution is -0.117. The Balaban J connectivity index is 2.96. The molecule has 1 amide bonds. The lowest BCUT2D eigenvalue weighted by atomic mass is 9.99. The summed E-state index contributed by atoms with van der Waals surface area (Å²) in [7, 11) is 1.52. The van der Waals surface area contributed by atoms with E-state index in [1.165, 1.54) is 24.5 Å². The molecule has 0 aromatic carbocycles. The number of H-pyrrole nitrogens is 1. The number of nitrogens with one attached hydrogen (secondary N) is 1. The van der Waals surface area contributed by atoms with Gasteiger partial charge in [-0.2, -0.15) is 0 Å². The average molecular weight is 253 g/mol. The number of aromatic amines is 1. The van der Waals surface area contributed by atoms with Gasteiger partial charge in [0.05, 0.1) is 18.2 Å². The van der Waals surface area contributed by atoms with E-state index in [1.807, 2.05) is 0 Å². The zero-order chi connectivity index (χ0) is 14.0. The second-order valence-corrected chi connectivity index (χ2v) is 5.27. The monoisotopic (exact) mass is 253 g/mol. The summed E-state index contributed by atoms with van der Waals surface area (Å²) in [4.78, 5) is 31.3. The molecule has 0 aliphatic rings. The maximum atomic E-state index is 12.0. The normalized spacial score (nSPS) is 14.7. The molecule has 18 heavy (non-hydrogen) atoms. The number of likely N-dealkylation sites (N-methyl/N-ethyl adjacent to an activating group) is 1. The number of hydrogen-bond acceptors (Lipinski definition) is 4. The van der Waals surface area contributed by atoms with Crippen LogP contribution in [0.15, 0.2) is 12.5 Å². The fourth-order valence-electron chi connectivity index (χ4n) is 1.38. The Morgan fingerprint density at radius 1 is 1.44 bits per heavy atom. The molecule has 1 rings (SSSR count). The van der Waals surface area contributed by atoms with Gasteiger partial charge >= 0.3 is 6.09 Å². The van der Waals surface area contributed by atoms with Crippen molar-refractivity contribution < 1.29 is 14.3 Å². The summed E-state index contributed by atoms with van der Waals surface area (Å²) < 4.78 is 5.24. The quantitative estimate of drug-likeness (QED) is 0.832. The molecule has 0 bridgehead atoms. The van der Waals surface area contributed by atoms with Gasteiger partial charge in [-0.15, -0.1) is 0 Å². The number of rotatable bonds is 3. The van der Waals surface area contributed by atoms with Gasteiger partial charge < -0.3 is 14.5 Å². The van der Waals surface area contributed by atoms with Crippen LogP contribution in [0.2, 0.25) is 0 Å². The van der Waals surface area contributed by atoms with Gasteiger partial charge in [0.25, 0.3) is 0 Å². The number of carbonyl (C=O) groups excluding carboxylic acids is 2. The molecule has 1 aromatic heterocycles. The van der Waals surface area contributed by atoms with E-state index in [1.54, 1.807) is 27.7 Å². The first-order chi connectivity index (χ1) is 8.20. The van der Waals surface area contributed by atoms with E-state index < -0.39 is 17.2 Å². The Labute approximate surface area is 106 Å². The van der Waals surface area contributed by atoms with Crippen LogP contribution in [0.3, 0.4) is 0 Å². The molecule has 1 unspecified atom stereocenters. The molecule has 0 saturated carbocycles. The highest BCUT2D eigenvalue weighted by atomic mass is 16.6. The molecule has 100 valence electrons. The van der Waals surface area contributed by atoms with Gasteiger partial charge in [-0.1, -0.05) is 0 Å². The topological polar surface area (TPSA) is 75.3 Å². The Morgan fingerprint density at radius 3 is 2.44 bits per heavy atom. The van der Waals surface area contributed by atoms with Gasteiger partial charge in [-0.05, 0) is 27.7 Å². The first-order valence-electron chi connectivity index (χ1n) is 5.62. The van der Waals surface area contributed by atoms with Crippen molar-refractivity contribution >= 4 is 12.4 Å². The molecule has 0 spiro atoms. The highest BCUT2D eigenvalue weighted by Crippen LogP contribution is 2.24. The summed E-state index contributed by atoms with van der Waals surface area (Å²) in [6, 6.07) is 0. The van der Waals surface area contributed by atoms with Crippen molar-refractivity contribution in [2.75, 3.05) is 7.05 Å². The fraction of sp³-hybridized carbons (Fsp3) is 0.583. The van der Waals surface area contributed by atoms with Gasteiger partial charge in [0.15, 0.2) is 6.29 Å². The first kappa shape index (κ1) is 14.2. The Kier molecular flexibility index (Phi) is 3.79. The van der Waals surface area contributed by atoms with Crippen LogP contribution in [-0.2, 0) is 15.1 Å². The van der Waals surface area contributed by atoms with Gasteiger partial charge in [0.1, 0.15) is 11.1 Å². The lowest BCUT2D eigenvalue weighted by Crippen LogP contribution is -2.48. The van der Waals surface area contributed by atoms with Gasteiger partial charge in [0, 0.05) is 7.05 Å². The molecule has 6 heteroatoms. The van der Waals surface area contributed by atoms with E-state index in [2.05, 4.69) is 9.97 Å². The smallest absolute Gasteiger partial charge is 0.411 e. The molecule has 0 saturated heterocycles. The van der Waals surface area contributed by atoms with Crippen molar-refractivity contribution in [3.05, 3.63) is 18.2 Å². The number of nitrogens with zero attached hydrogens (tertiary/aromatic N) is 2. The zero-order valence-electron chi connectivity index (χ0n) is 11.4. The van der Waals surface area contributed by atoms with Crippen molar-refractivity contribution in [1.29, 1.82) is 0 Å². The second kappa shape index (κ2) is 4.80. The van der Waals surface area contributed by atoms with E-state index in [4.69, 9.17) is 4.74 Å². The van der Waals surface area contributed by atoms with E-state index in [0.29, 0.717) is 12.0 Å². The molecule has 1 atom stereocenters. The van der Waals surface area contributed by atoms with Crippen LogP contribution in [-0.4, -0.2) is 39.9 Å². The van der Waals surface area contributed by atoms with Crippen molar-refractivity contribution in [3.8, 4) is 0 Å². The predicted molar refractivity (Wildman–Crippen MR) is 66.0 cm³/mol. The minimum absolute atomic E-state index is 0.533. The van der Waals surface area contributed by atoms with Gasteiger partial charge in [-0.3, -0.25) is 4.90 Å². The molecule has 0 radical (unpaired) electrons. The van der Waals surface area contributed by atoms with E-state index in [9.17, 15) is 9.59 Å². The zero-order valence-corrected chi connectivity index (χ0v) is 11.4. The molecule has 1 aromatic rings. The third-order valence-corrected chi connectivity index (χ3v) is 2.64. The van der Waals surface area contributed by atoms with Crippen LogP contribution < -0.4 is 0 Å². The van der Waals surface area contributed by atoms with Gasteiger partial charge in [0.2, 0.25) is 0 Å². The third kappa shape index (κ3) is 2.88. The summed E-state index contributed by atoms with van der Waals surface area (Å²) >= 11 is 0. The first-order valence-corrected chi connectivity index (χ1v) is 5.62. The number of ether oxygens (including phenoxy) is 1. The molecule has 1 heterocycles. The predicted octanol–water partition coefficient (Wildman–Crippen LogP) is 1.69. The van der Waals surface area contributed by atoms with Crippen molar-refractivity contribution in [3.63, 3.8) is 0 Å². The number of imidazole rings is 1. The molecule has 6 nitrogen and oxygen atoms in total. The molecule has 0 fully saturated rings. The van der Waals surface area contributed by atoms with Crippen LogP contribution in [0.25, 0.3) is 0 Å². The van der Waals surface area contributed by atoms with Crippen LogP contribution in [0.5, 0.6) is 0 Å². The van der Waals surface area contributed by atoms with E-state index in [0.717, 1.165) is 0 Å². The lowest BCUT2D eigenvalue weighted by Gasteiger charge is -2.34. The minimum Gasteiger partial charge on any atom is -0.444 e. The molecule has 0 aliphatic carbocycles. The fourth-order valence-corrected chi connectivity index (χ4v) is 1.38. The van der Waals surface area contributed by atoms with E-state index >= 15 is 0 Å². The SMILES string of the molecule is CN(C(=O)OC(C)(C)C)C(C)(C=O)c1cnc[nH]1. The Morgan fingerprint density at radius 2 is 2.06 bits per heavy atom. The Bertz CT molecular complexity index is 422. The van der Waals surface area contributed by atoms with Crippen molar-refractivity contribution in [2.45, 2.75) is 38.8 Å². The number of aldehydes is 1. The number of carbonyl (C=O) groups is 2. The van der Waals surface area contributed by atoms with Gasteiger partial charge in [-0.25, -0.2) is 9.78 Å². The summed E-state index contributed by atoms with van der Waals surface area (Å²) in [6.07, 6.45) is 3.09. The summed E-state index contributed by atoms with van der Waals surface area (Å²) in [5.41, 5.74) is -1.20. The summed E-state index contributed by atoms with van der Waals surface area (Å²) in [5, 5.41) is 0. The van der Waals surface area contributed by atoms with Crippen LogP contribution >= 0.6 is 0 Å². The van der Waals surface area contributed by atoms with E-state index in [-0.39, 0.29) is 0 Å². The van der Waals surface area contributed by atoms with Crippen molar-refractivity contribution in [1.82, 2.24) is 14.9 Å². The highest BCUT2D eigenvalue weighted by molar-refractivity contribution is 5.77. The third-order valence-electron chi connectivity index (χ3n) is 2.64. The van der Waals surface area contributed by atoms with Crippen LogP contribution in [0.4, 0.5) is 4.79 Å². The number of hydrogen-bond donors (Lipinski definition) is 1. The highest BCUT2D eigenvalue weighted by Gasteiger charge is 2.37. The summed E-state index contributed by atoms with van der Waals surface area (Å²) in [5.74, 6) is 0. The second-order valence-electron chi connectivity index (χ2n) is 5.27. The van der Waals surface area contributed by atoms with Crippen LogP contribution in [0.1, 0.15) is 33.4 Å². The standard InChI is InChI=1S/C12H19N3O3/c1-11(2,3)18-10(17)15(5)12(4,7-16)9-6-13-8-14-9/h6-8H,1-5H3,(H,13,14). The number of aromatic nitrogens is 2.